The summed E-state index contributed by atoms with van der Waals surface area (Å²) in [4.78, 5) is 12.9. The van der Waals surface area contributed by atoms with E-state index in [0.717, 1.165) is 47.2 Å². The molecule has 0 radical (unpaired) electrons. The Morgan fingerprint density at radius 2 is 2.08 bits per heavy atom. The average Bonchev–Trinajstić information content (AvgIpc) is 3.30. The van der Waals surface area contributed by atoms with Gasteiger partial charge in [0.25, 0.3) is 0 Å². The third kappa shape index (κ3) is 3.04. The van der Waals surface area contributed by atoms with E-state index in [9.17, 15) is 9.18 Å². The lowest BCUT2D eigenvalue weighted by Gasteiger charge is -2.24. The lowest BCUT2D eigenvalue weighted by atomic mass is 9.95. The molecule has 1 atom stereocenters. The summed E-state index contributed by atoms with van der Waals surface area (Å²) >= 11 is 1.65. The van der Waals surface area contributed by atoms with Crippen molar-refractivity contribution in [2.45, 2.75) is 17.6 Å². The number of fused-ring (bicyclic) bond motifs is 1. The summed E-state index contributed by atoms with van der Waals surface area (Å²) in [6, 6.07) is 12.2. The van der Waals surface area contributed by atoms with Gasteiger partial charge in [-0.3, -0.25) is 9.89 Å². The Morgan fingerprint density at radius 1 is 1.27 bits per heavy atom. The second-order valence-electron chi connectivity index (χ2n) is 6.68. The topological polar surface area (TPSA) is 57.8 Å². The average molecular weight is 369 g/mol. The Bertz CT molecular complexity index is 945. The lowest BCUT2D eigenvalue weighted by Crippen LogP contribution is -2.38. The lowest BCUT2D eigenvalue weighted by molar-refractivity contribution is -0.120. The number of H-pyrrole nitrogens is 1. The van der Waals surface area contributed by atoms with Crippen LogP contribution in [-0.2, 0) is 11.2 Å². The number of carbonyl (C=O) groups excluding carboxylic acids is 1. The monoisotopic (exact) mass is 369 g/mol. The molecule has 4 rings (SSSR count). The third-order valence-corrected chi connectivity index (χ3v) is 6.48. The molecule has 6 heteroatoms. The Kier molecular flexibility index (Phi) is 4.54. The van der Waals surface area contributed by atoms with Gasteiger partial charge in [0.15, 0.2) is 5.78 Å². The number of rotatable bonds is 5. The van der Waals surface area contributed by atoms with Crippen molar-refractivity contribution < 1.29 is 9.18 Å². The minimum absolute atomic E-state index is 0.265. The fourth-order valence-corrected chi connectivity index (χ4v) is 4.39. The number of benzene rings is 2. The van der Waals surface area contributed by atoms with E-state index < -0.39 is 0 Å². The van der Waals surface area contributed by atoms with E-state index in [1.165, 1.54) is 12.1 Å². The molecule has 0 aliphatic carbocycles. The van der Waals surface area contributed by atoms with Crippen molar-refractivity contribution in [2.75, 3.05) is 19.3 Å². The van der Waals surface area contributed by atoms with Crippen LogP contribution >= 0.6 is 11.8 Å². The zero-order valence-electron chi connectivity index (χ0n) is 14.5. The second kappa shape index (κ2) is 6.85. The fourth-order valence-electron chi connectivity index (χ4n) is 3.54. The molecule has 2 heterocycles. The molecule has 0 bridgehead atoms. The summed E-state index contributed by atoms with van der Waals surface area (Å²) in [7, 11) is 0. The Hall–Kier alpha value is -2.18. The molecule has 0 unspecified atom stereocenters. The number of halogens is 1. The number of aromatic nitrogens is 2. The van der Waals surface area contributed by atoms with Gasteiger partial charge in [0, 0.05) is 23.9 Å². The van der Waals surface area contributed by atoms with Gasteiger partial charge in [-0.25, -0.2) is 4.39 Å². The molecular formula is C20H20FN3OS. The van der Waals surface area contributed by atoms with Crippen LogP contribution in [0.15, 0.2) is 42.5 Å². The van der Waals surface area contributed by atoms with E-state index in [1.54, 1.807) is 23.9 Å². The molecule has 4 nitrogen and oxygen atoms in total. The SMILES string of the molecule is CS[C@@]1(C(=O)Cc2ccc3[nH]nc(-c4ccc(F)cc4)c3c2)CCNC1. The van der Waals surface area contributed by atoms with E-state index >= 15 is 0 Å². The molecule has 2 N–H and O–H groups in total. The van der Waals surface area contributed by atoms with Gasteiger partial charge in [-0.1, -0.05) is 6.07 Å². The molecule has 26 heavy (non-hydrogen) atoms. The standard InChI is InChI=1S/C20H20FN3OS/c1-26-20(8-9-22-12-20)18(25)11-13-2-7-17-16(10-13)19(24-23-17)14-3-5-15(21)6-4-14/h2-7,10,22H,8-9,11-12H2,1H3,(H,23,24)/t20-/m0/s1. The van der Waals surface area contributed by atoms with Gasteiger partial charge < -0.3 is 5.32 Å². The predicted molar refractivity (Wildman–Crippen MR) is 104 cm³/mol. The highest BCUT2D eigenvalue weighted by Gasteiger charge is 2.39. The molecule has 1 aliphatic heterocycles. The summed E-state index contributed by atoms with van der Waals surface area (Å²) < 4.78 is 12.9. The number of aromatic amines is 1. The first-order chi connectivity index (χ1) is 12.6. The number of hydrogen-bond donors (Lipinski definition) is 2. The van der Waals surface area contributed by atoms with Gasteiger partial charge in [-0.05, 0) is 61.2 Å². The number of hydrogen-bond acceptors (Lipinski definition) is 4. The van der Waals surface area contributed by atoms with Gasteiger partial charge >= 0.3 is 0 Å². The van der Waals surface area contributed by atoms with Crippen molar-refractivity contribution in [1.29, 1.82) is 0 Å². The van der Waals surface area contributed by atoms with Gasteiger partial charge in [0.1, 0.15) is 5.82 Å². The van der Waals surface area contributed by atoms with Crippen molar-refractivity contribution in [3.05, 3.63) is 53.8 Å². The number of nitrogens with zero attached hydrogens (tertiary/aromatic N) is 1. The van der Waals surface area contributed by atoms with E-state index in [-0.39, 0.29) is 16.3 Å². The summed E-state index contributed by atoms with van der Waals surface area (Å²) in [6.07, 6.45) is 3.30. The third-order valence-electron chi connectivity index (χ3n) is 5.12. The molecule has 0 amide bonds. The minimum Gasteiger partial charge on any atom is -0.315 e. The molecule has 1 fully saturated rings. The zero-order valence-corrected chi connectivity index (χ0v) is 15.3. The summed E-state index contributed by atoms with van der Waals surface area (Å²) in [6.45, 7) is 1.63. The smallest absolute Gasteiger partial charge is 0.154 e. The van der Waals surface area contributed by atoms with Crippen molar-refractivity contribution >= 4 is 28.4 Å². The molecule has 0 spiro atoms. The van der Waals surface area contributed by atoms with Crippen molar-refractivity contribution in [1.82, 2.24) is 15.5 Å². The Labute approximate surface area is 155 Å². The van der Waals surface area contributed by atoms with Gasteiger partial charge in [0.2, 0.25) is 0 Å². The van der Waals surface area contributed by atoms with Crippen LogP contribution in [0.4, 0.5) is 4.39 Å². The molecule has 3 aromatic rings. The fraction of sp³-hybridized carbons (Fsp3) is 0.300. The number of nitrogens with one attached hydrogen (secondary N) is 2. The first kappa shape index (κ1) is 17.2. The van der Waals surface area contributed by atoms with E-state index in [2.05, 4.69) is 15.5 Å². The van der Waals surface area contributed by atoms with Crippen LogP contribution in [0.25, 0.3) is 22.2 Å². The minimum atomic E-state index is -0.314. The van der Waals surface area contributed by atoms with Gasteiger partial charge in [-0.15, -0.1) is 11.8 Å². The largest absolute Gasteiger partial charge is 0.315 e. The van der Waals surface area contributed by atoms with Crippen LogP contribution in [0.3, 0.4) is 0 Å². The van der Waals surface area contributed by atoms with Crippen molar-refractivity contribution in [2.24, 2.45) is 0 Å². The Balaban J connectivity index is 1.66. The van der Waals surface area contributed by atoms with Gasteiger partial charge in [0.05, 0.1) is 16.0 Å². The second-order valence-corrected chi connectivity index (χ2v) is 7.87. The van der Waals surface area contributed by atoms with Crippen LogP contribution in [-0.4, -0.2) is 40.1 Å². The Morgan fingerprint density at radius 3 is 2.77 bits per heavy atom. The first-order valence-electron chi connectivity index (χ1n) is 8.63. The number of Topliss-reactive ketones (excluding diaryl/α,β-unsaturated/α-hetero) is 1. The van der Waals surface area contributed by atoms with Crippen LogP contribution in [0.5, 0.6) is 0 Å². The highest BCUT2D eigenvalue weighted by atomic mass is 32.2. The zero-order chi connectivity index (χ0) is 18.1. The summed E-state index contributed by atoms with van der Waals surface area (Å²) in [5.74, 6) is -0.00593. The molecule has 134 valence electrons. The number of carbonyl (C=O) groups is 1. The van der Waals surface area contributed by atoms with E-state index in [0.29, 0.717) is 6.42 Å². The summed E-state index contributed by atoms with van der Waals surface area (Å²) in [5.41, 5.74) is 3.51. The number of ketones is 1. The van der Waals surface area contributed by atoms with Crippen LogP contribution < -0.4 is 5.32 Å². The van der Waals surface area contributed by atoms with Crippen molar-refractivity contribution in [3.8, 4) is 11.3 Å². The molecule has 2 aromatic carbocycles. The highest BCUT2D eigenvalue weighted by molar-refractivity contribution is 8.00. The predicted octanol–water partition coefficient (Wildman–Crippen LogP) is 3.58. The normalized spacial score (nSPS) is 19.9. The maximum absolute atomic E-state index is 13.2. The molecule has 1 saturated heterocycles. The van der Waals surface area contributed by atoms with Crippen LogP contribution in [0.2, 0.25) is 0 Å². The molecule has 1 aromatic heterocycles. The van der Waals surface area contributed by atoms with Crippen molar-refractivity contribution in [3.63, 3.8) is 0 Å². The highest BCUT2D eigenvalue weighted by Crippen LogP contribution is 2.33. The maximum atomic E-state index is 13.2. The molecule has 0 saturated carbocycles. The van der Waals surface area contributed by atoms with E-state index in [4.69, 9.17) is 0 Å². The summed E-state index contributed by atoms with van der Waals surface area (Å²) in [5, 5.41) is 11.6. The maximum Gasteiger partial charge on any atom is 0.154 e. The van der Waals surface area contributed by atoms with Crippen LogP contribution in [0, 0.1) is 5.82 Å². The quantitative estimate of drug-likeness (QED) is 0.722. The van der Waals surface area contributed by atoms with Crippen LogP contribution in [0.1, 0.15) is 12.0 Å². The molecule has 1 aliphatic rings. The first-order valence-corrected chi connectivity index (χ1v) is 9.86. The molecular weight excluding hydrogens is 349 g/mol. The number of thioether (sulfide) groups is 1. The van der Waals surface area contributed by atoms with Gasteiger partial charge in [-0.2, -0.15) is 5.10 Å². The van der Waals surface area contributed by atoms with E-state index in [1.807, 2.05) is 24.5 Å².